The average molecular weight is 467 g/mol. The van der Waals surface area contributed by atoms with Crippen LogP contribution in [-0.4, -0.2) is 67.4 Å². The fraction of sp³-hybridized carbons (Fsp3) is 0.423. The molecule has 1 saturated heterocycles. The quantitative estimate of drug-likeness (QED) is 0.650. The molecule has 3 atom stereocenters. The highest BCUT2D eigenvalue weighted by molar-refractivity contribution is 5.87. The van der Waals surface area contributed by atoms with Crippen LogP contribution in [0.15, 0.2) is 48.5 Å². The molecule has 0 aromatic heterocycles. The van der Waals surface area contributed by atoms with Gasteiger partial charge < -0.3 is 24.8 Å². The molecule has 2 N–H and O–H groups in total. The van der Waals surface area contributed by atoms with E-state index >= 15 is 0 Å². The van der Waals surface area contributed by atoms with Crippen molar-refractivity contribution in [3.8, 4) is 11.1 Å². The smallest absolute Gasteiger partial charge is 0.407 e. The summed E-state index contributed by atoms with van der Waals surface area (Å²) in [6.45, 7) is 3.91. The number of carboxylic acid groups (broad SMARTS) is 1. The predicted octanol–water partition coefficient (Wildman–Crippen LogP) is 3.11. The van der Waals surface area contributed by atoms with Crippen molar-refractivity contribution in [3.05, 3.63) is 59.7 Å². The maximum absolute atomic E-state index is 13.1. The first kappa shape index (κ1) is 23.8. The van der Waals surface area contributed by atoms with Gasteiger partial charge in [0.05, 0.1) is 12.0 Å². The minimum absolute atomic E-state index is 0.0440. The van der Waals surface area contributed by atoms with Crippen LogP contribution in [0.25, 0.3) is 11.1 Å². The molecule has 0 saturated carbocycles. The molecule has 4 rings (SSSR count). The van der Waals surface area contributed by atoms with Crippen molar-refractivity contribution >= 4 is 18.0 Å². The van der Waals surface area contributed by atoms with Gasteiger partial charge in [-0.15, -0.1) is 0 Å². The van der Waals surface area contributed by atoms with E-state index < -0.39 is 23.5 Å². The minimum Gasteiger partial charge on any atom is -0.481 e. The van der Waals surface area contributed by atoms with Crippen molar-refractivity contribution in [2.75, 3.05) is 33.4 Å². The van der Waals surface area contributed by atoms with E-state index in [1.54, 1.807) is 6.92 Å². The second-order valence-corrected chi connectivity index (χ2v) is 9.32. The van der Waals surface area contributed by atoms with Gasteiger partial charge in [0.15, 0.2) is 0 Å². The average Bonchev–Trinajstić information content (AvgIpc) is 3.32. The van der Waals surface area contributed by atoms with Crippen LogP contribution in [0.1, 0.15) is 30.9 Å². The highest BCUT2D eigenvalue weighted by Crippen LogP contribution is 2.44. The third kappa shape index (κ3) is 4.25. The molecule has 2 aliphatic rings. The van der Waals surface area contributed by atoms with Gasteiger partial charge in [-0.1, -0.05) is 55.5 Å². The number of alkyl carbamates (subject to hydrolysis) is 1. The van der Waals surface area contributed by atoms with Gasteiger partial charge in [-0.2, -0.15) is 0 Å². The molecule has 8 heteroatoms. The number of benzene rings is 2. The third-order valence-corrected chi connectivity index (χ3v) is 7.17. The third-order valence-electron chi connectivity index (χ3n) is 7.17. The molecule has 2 aromatic carbocycles. The van der Waals surface area contributed by atoms with Crippen molar-refractivity contribution in [3.63, 3.8) is 0 Å². The van der Waals surface area contributed by atoms with E-state index in [1.165, 1.54) is 12.0 Å². The van der Waals surface area contributed by atoms with Crippen LogP contribution in [0.3, 0.4) is 0 Å². The number of ether oxygens (including phenoxy) is 2. The Balaban J connectivity index is 1.41. The van der Waals surface area contributed by atoms with Crippen molar-refractivity contribution in [1.82, 2.24) is 10.2 Å². The summed E-state index contributed by atoms with van der Waals surface area (Å²) in [6, 6.07) is 15.1. The number of nitrogens with zero attached hydrogens (tertiary/aromatic N) is 1. The van der Waals surface area contributed by atoms with Crippen LogP contribution in [0.4, 0.5) is 4.79 Å². The number of hydrogen-bond donors (Lipinski definition) is 2. The second-order valence-electron chi connectivity index (χ2n) is 9.32. The standard InChI is InChI=1S/C26H30N2O6/c1-16-12-28(15-26(16,2)24(30)31)23(29)22(14-33-3)27-25(32)34-13-21-19-10-6-4-8-17(19)18-9-5-7-11-20(18)21/h4-11,16,21-22H,12-15H2,1-3H3,(H,27,32)(H,30,31)/t16?,22-,26?/m0/s1. The number of amides is 2. The number of hydrogen-bond acceptors (Lipinski definition) is 5. The summed E-state index contributed by atoms with van der Waals surface area (Å²) in [5, 5.41) is 12.2. The molecule has 0 spiro atoms. The molecule has 0 bridgehead atoms. The Morgan fingerprint density at radius 1 is 1.12 bits per heavy atom. The number of methoxy groups -OCH3 is 1. The van der Waals surface area contributed by atoms with Crippen molar-refractivity contribution in [1.29, 1.82) is 0 Å². The molecule has 2 unspecified atom stereocenters. The zero-order valence-electron chi connectivity index (χ0n) is 19.6. The van der Waals surface area contributed by atoms with Gasteiger partial charge in [0, 0.05) is 26.1 Å². The molecule has 0 radical (unpaired) electrons. The van der Waals surface area contributed by atoms with E-state index in [1.807, 2.05) is 43.3 Å². The van der Waals surface area contributed by atoms with Gasteiger partial charge in [-0.05, 0) is 35.1 Å². The number of carboxylic acids is 1. The molecule has 180 valence electrons. The Hall–Kier alpha value is -3.39. The summed E-state index contributed by atoms with van der Waals surface area (Å²) >= 11 is 0. The van der Waals surface area contributed by atoms with E-state index in [0.717, 1.165) is 22.3 Å². The first-order valence-electron chi connectivity index (χ1n) is 11.4. The Morgan fingerprint density at radius 3 is 2.24 bits per heavy atom. The lowest BCUT2D eigenvalue weighted by atomic mass is 9.81. The summed E-state index contributed by atoms with van der Waals surface area (Å²) in [5.41, 5.74) is 3.42. The van der Waals surface area contributed by atoms with Crippen molar-refractivity contribution in [2.24, 2.45) is 11.3 Å². The van der Waals surface area contributed by atoms with Gasteiger partial charge in [-0.3, -0.25) is 9.59 Å². The number of aliphatic carboxylic acids is 1. The number of likely N-dealkylation sites (tertiary alicyclic amines) is 1. The zero-order valence-corrected chi connectivity index (χ0v) is 19.6. The fourth-order valence-electron chi connectivity index (χ4n) is 4.94. The van der Waals surface area contributed by atoms with Gasteiger partial charge in [0.25, 0.3) is 0 Å². The van der Waals surface area contributed by atoms with Crippen LogP contribution in [0.5, 0.6) is 0 Å². The van der Waals surface area contributed by atoms with Crippen molar-refractivity contribution < 1.29 is 29.0 Å². The molecule has 1 heterocycles. The normalized spacial score (nSPS) is 22.1. The van der Waals surface area contributed by atoms with E-state index in [9.17, 15) is 19.5 Å². The first-order valence-corrected chi connectivity index (χ1v) is 11.4. The summed E-state index contributed by atoms with van der Waals surface area (Å²) in [5.74, 6) is -1.63. The van der Waals surface area contributed by atoms with E-state index in [0.29, 0.717) is 6.54 Å². The van der Waals surface area contributed by atoms with Gasteiger partial charge >= 0.3 is 12.1 Å². The molecule has 2 aromatic rings. The summed E-state index contributed by atoms with van der Waals surface area (Å²) in [7, 11) is 1.44. The lowest BCUT2D eigenvalue weighted by molar-refractivity contribution is -0.149. The van der Waals surface area contributed by atoms with Crippen LogP contribution in [-0.2, 0) is 19.1 Å². The molecule has 1 aliphatic heterocycles. The molecule has 8 nitrogen and oxygen atoms in total. The Labute approximate surface area is 198 Å². The van der Waals surface area contributed by atoms with E-state index in [-0.39, 0.29) is 37.5 Å². The number of rotatable bonds is 7. The van der Waals surface area contributed by atoms with Gasteiger partial charge in [-0.25, -0.2) is 4.79 Å². The second kappa shape index (κ2) is 9.46. The van der Waals surface area contributed by atoms with Crippen LogP contribution < -0.4 is 5.32 Å². The topological polar surface area (TPSA) is 105 Å². The molecule has 1 fully saturated rings. The monoisotopic (exact) mass is 466 g/mol. The maximum Gasteiger partial charge on any atom is 0.407 e. The molecule has 2 amide bonds. The number of carbonyl (C=O) groups excluding carboxylic acids is 2. The molecule has 34 heavy (non-hydrogen) atoms. The highest BCUT2D eigenvalue weighted by atomic mass is 16.5. The van der Waals surface area contributed by atoms with E-state index in [2.05, 4.69) is 17.4 Å². The Kier molecular flexibility index (Phi) is 6.61. The molecule has 1 aliphatic carbocycles. The number of carbonyl (C=O) groups is 3. The van der Waals surface area contributed by atoms with Crippen molar-refractivity contribution in [2.45, 2.75) is 25.8 Å². The lowest BCUT2D eigenvalue weighted by Gasteiger charge is -2.25. The van der Waals surface area contributed by atoms with Crippen LogP contribution in [0.2, 0.25) is 0 Å². The Bertz CT molecular complexity index is 1060. The van der Waals surface area contributed by atoms with E-state index in [4.69, 9.17) is 9.47 Å². The van der Waals surface area contributed by atoms with Crippen LogP contribution in [0, 0.1) is 11.3 Å². The lowest BCUT2D eigenvalue weighted by Crippen LogP contribution is -2.51. The minimum atomic E-state index is -1.03. The number of fused-ring (bicyclic) bond motifs is 3. The fourth-order valence-corrected chi connectivity index (χ4v) is 4.94. The molecular formula is C26H30N2O6. The first-order chi connectivity index (χ1) is 16.3. The predicted molar refractivity (Wildman–Crippen MR) is 125 cm³/mol. The zero-order chi connectivity index (χ0) is 24.5. The summed E-state index contributed by atoms with van der Waals surface area (Å²) in [6.07, 6.45) is -0.717. The summed E-state index contributed by atoms with van der Waals surface area (Å²) < 4.78 is 10.7. The van der Waals surface area contributed by atoms with Gasteiger partial charge in [0.2, 0.25) is 5.91 Å². The summed E-state index contributed by atoms with van der Waals surface area (Å²) in [4.78, 5) is 39.0. The largest absolute Gasteiger partial charge is 0.481 e. The Morgan fingerprint density at radius 2 is 1.71 bits per heavy atom. The maximum atomic E-state index is 13.1. The van der Waals surface area contributed by atoms with Gasteiger partial charge in [0.1, 0.15) is 12.6 Å². The SMILES string of the molecule is COC[C@H](NC(=O)OCC1c2ccccc2-c2ccccc21)C(=O)N1CC(C)C(C)(C(=O)O)C1. The highest BCUT2D eigenvalue weighted by Gasteiger charge is 2.48. The van der Waals surface area contributed by atoms with Crippen LogP contribution >= 0.6 is 0 Å². The molecular weight excluding hydrogens is 436 g/mol. The number of nitrogens with one attached hydrogen (secondary N) is 1.